The average molecular weight is 587 g/mol. The molecule has 0 spiro atoms. The Kier molecular flexibility index (Phi) is 31.7. The third-order valence-corrected chi connectivity index (χ3v) is 7.59. The summed E-state index contributed by atoms with van der Waals surface area (Å²) < 4.78 is 5.28. The van der Waals surface area contributed by atoms with Crippen LogP contribution in [0.5, 0.6) is 0 Å². The van der Waals surface area contributed by atoms with E-state index in [0.29, 0.717) is 6.42 Å². The van der Waals surface area contributed by atoms with E-state index in [9.17, 15) is 14.7 Å². The molecule has 1 atom stereocenters. The van der Waals surface area contributed by atoms with Gasteiger partial charge in [0.05, 0.1) is 0 Å². The summed E-state index contributed by atoms with van der Waals surface area (Å²) >= 11 is 0. The molecule has 0 heterocycles. The van der Waals surface area contributed by atoms with Crippen molar-refractivity contribution in [2.45, 2.75) is 180 Å². The third kappa shape index (κ3) is 30.8. The molecule has 0 aliphatic rings. The minimum absolute atomic E-state index is 0.288. The predicted octanol–water partition coefficient (Wildman–Crippen LogP) is 12.0. The maximum Gasteiger partial charge on any atom is 0.345 e. The summed E-state index contributed by atoms with van der Waals surface area (Å²) in [6.45, 7) is 4.41. The Labute approximate surface area is 260 Å². The zero-order valence-corrected chi connectivity index (χ0v) is 27.5. The quantitative estimate of drug-likeness (QED) is 0.0498. The highest BCUT2D eigenvalue weighted by atomic mass is 16.6. The van der Waals surface area contributed by atoms with Crippen LogP contribution in [-0.4, -0.2) is 23.1 Å². The van der Waals surface area contributed by atoms with E-state index in [0.717, 1.165) is 64.2 Å². The lowest BCUT2D eigenvalue weighted by atomic mass is 10.0. The SMILES string of the molecule is CC/C=C\C/C=C\C/C=C\C/C=C\CCCCC(=O)OC(CCCCCCCCCCCCCCCCCC)C(=O)O. The largest absolute Gasteiger partial charge is 0.479 e. The smallest absolute Gasteiger partial charge is 0.345 e. The number of hydrogen-bond acceptors (Lipinski definition) is 3. The molecule has 0 fully saturated rings. The first-order valence-corrected chi connectivity index (χ1v) is 17.6. The van der Waals surface area contributed by atoms with Crippen molar-refractivity contribution in [1.29, 1.82) is 0 Å². The molecule has 0 saturated carbocycles. The summed E-state index contributed by atoms with van der Waals surface area (Å²) in [5, 5.41) is 9.45. The third-order valence-electron chi connectivity index (χ3n) is 7.59. The van der Waals surface area contributed by atoms with Gasteiger partial charge in [-0.2, -0.15) is 0 Å². The maximum absolute atomic E-state index is 12.1. The summed E-state index contributed by atoms with van der Waals surface area (Å²) in [5.41, 5.74) is 0. The van der Waals surface area contributed by atoms with Crippen LogP contribution in [0.2, 0.25) is 0 Å². The van der Waals surface area contributed by atoms with Gasteiger partial charge in [-0.25, -0.2) is 4.79 Å². The van der Waals surface area contributed by atoms with Gasteiger partial charge >= 0.3 is 11.9 Å². The number of allylic oxidation sites excluding steroid dienone is 8. The fraction of sp³-hybridized carbons (Fsp3) is 0.737. The van der Waals surface area contributed by atoms with Crippen LogP contribution < -0.4 is 0 Å². The fourth-order valence-corrected chi connectivity index (χ4v) is 4.96. The van der Waals surface area contributed by atoms with Gasteiger partial charge in [-0.1, -0.05) is 159 Å². The van der Waals surface area contributed by atoms with Crippen LogP contribution in [0.15, 0.2) is 48.6 Å². The average Bonchev–Trinajstić information content (AvgIpc) is 2.98. The van der Waals surface area contributed by atoms with E-state index >= 15 is 0 Å². The summed E-state index contributed by atoms with van der Waals surface area (Å²) in [5.74, 6) is -1.41. The molecule has 0 aromatic heterocycles. The number of esters is 1. The van der Waals surface area contributed by atoms with Crippen molar-refractivity contribution >= 4 is 11.9 Å². The second kappa shape index (κ2) is 33.4. The van der Waals surface area contributed by atoms with Crippen molar-refractivity contribution < 1.29 is 19.4 Å². The summed E-state index contributed by atoms with van der Waals surface area (Å²) in [4.78, 5) is 23.7. The Morgan fingerprint density at radius 2 is 0.976 bits per heavy atom. The molecule has 42 heavy (non-hydrogen) atoms. The number of unbranched alkanes of at least 4 members (excludes halogenated alkanes) is 17. The zero-order valence-electron chi connectivity index (χ0n) is 27.5. The van der Waals surface area contributed by atoms with E-state index in [-0.39, 0.29) is 12.4 Å². The standard InChI is InChI=1S/C38H66O4/c1-3-5-7-9-11-13-15-17-19-21-22-24-26-28-30-32-34-36(38(40)41)42-37(39)35-33-31-29-27-25-23-20-18-16-14-12-10-8-6-4-2/h6,8,12,14,18,20,25,27,36H,3-5,7,9-11,13,15-17,19,21-24,26,28-35H2,1-2H3,(H,40,41)/b8-6-,14-12-,20-18-,27-25-. The Hall–Kier alpha value is -2.10. The number of hydrogen-bond donors (Lipinski definition) is 1. The number of rotatable bonds is 31. The molecule has 0 aliphatic carbocycles. The first-order chi connectivity index (χ1) is 20.6. The summed E-state index contributed by atoms with van der Waals surface area (Å²) in [6, 6.07) is 0. The Morgan fingerprint density at radius 1 is 0.548 bits per heavy atom. The number of carboxylic acid groups (broad SMARTS) is 1. The molecule has 0 aliphatic heterocycles. The van der Waals surface area contributed by atoms with Gasteiger partial charge in [0.2, 0.25) is 0 Å². The molecule has 0 amide bonds. The monoisotopic (exact) mass is 586 g/mol. The summed E-state index contributed by atoms with van der Waals surface area (Å²) in [7, 11) is 0. The molecule has 0 radical (unpaired) electrons. The number of carbonyl (C=O) groups excluding carboxylic acids is 1. The van der Waals surface area contributed by atoms with Crippen LogP contribution in [0.4, 0.5) is 0 Å². The van der Waals surface area contributed by atoms with Gasteiger partial charge in [0.15, 0.2) is 6.10 Å². The van der Waals surface area contributed by atoms with Crippen LogP contribution >= 0.6 is 0 Å². The fourth-order valence-electron chi connectivity index (χ4n) is 4.96. The van der Waals surface area contributed by atoms with Crippen molar-refractivity contribution in [3.8, 4) is 0 Å². The van der Waals surface area contributed by atoms with E-state index in [1.54, 1.807) is 0 Å². The first-order valence-electron chi connectivity index (χ1n) is 17.6. The van der Waals surface area contributed by atoms with Crippen molar-refractivity contribution in [3.05, 3.63) is 48.6 Å². The second-order valence-electron chi connectivity index (χ2n) is 11.7. The van der Waals surface area contributed by atoms with Gasteiger partial charge in [-0.3, -0.25) is 4.79 Å². The van der Waals surface area contributed by atoms with Crippen molar-refractivity contribution in [1.82, 2.24) is 0 Å². The molecular formula is C38H66O4. The molecular weight excluding hydrogens is 520 g/mol. The van der Waals surface area contributed by atoms with E-state index in [2.05, 4.69) is 62.5 Å². The van der Waals surface area contributed by atoms with Gasteiger partial charge < -0.3 is 9.84 Å². The molecule has 0 bridgehead atoms. The minimum Gasteiger partial charge on any atom is -0.479 e. The number of carboxylic acids is 1. The molecule has 4 nitrogen and oxygen atoms in total. The van der Waals surface area contributed by atoms with Gasteiger partial charge in [-0.05, 0) is 57.8 Å². The molecule has 0 rings (SSSR count). The van der Waals surface area contributed by atoms with Crippen molar-refractivity contribution in [2.24, 2.45) is 0 Å². The molecule has 242 valence electrons. The maximum atomic E-state index is 12.1. The lowest BCUT2D eigenvalue weighted by Gasteiger charge is -2.13. The van der Waals surface area contributed by atoms with Crippen molar-refractivity contribution in [2.75, 3.05) is 0 Å². The van der Waals surface area contributed by atoms with Crippen LogP contribution in [0.1, 0.15) is 174 Å². The van der Waals surface area contributed by atoms with Gasteiger partial charge in [0.1, 0.15) is 0 Å². The lowest BCUT2D eigenvalue weighted by Crippen LogP contribution is -2.27. The summed E-state index contributed by atoms with van der Waals surface area (Å²) in [6.07, 6.45) is 44.2. The highest BCUT2D eigenvalue weighted by Crippen LogP contribution is 2.15. The Morgan fingerprint density at radius 3 is 1.43 bits per heavy atom. The number of carbonyl (C=O) groups is 2. The van der Waals surface area contributed by atoms with Crippen LogP contribution in [0.25, 0.3) is 0 Å². The topological polar surface area (TPSA) is 63.6 Å². The second-order valence-corrected chi connectivity index (χ2v) is 11.7. The minimum atomic E-state index is -1.02. The highest BCUT2D eigenvalue weighted by molar-refractivity contribution is 5.77. The predicted molar refractivity (Wildman–Crippen MR) is 181 cm³/mol. The van der Waals surface area contributed by atoms with E-state index in [1.165, 1.54) is 83.5 Å². The van der Waals surface area contributed by atoms with Gasteiger partial charge in [-0.15, -0.1) is 0 Å². The lowest BCUT2D eigenvalue weighted by molar-refractivity contribution is -0.164. The van der Waals surface area contributed by atoms with Crippen LogP contribution in [0, 0.1) is 0 Å². The molecule has 4 heteroatoms. The Bertz CT molecular complexity index is 719. The van der Waals surface area contributed by atoms with E-state index in [4.69, 9.17) is 4.74 Å². The molecule has 0 saturated heterocycles. The van der Waals surface area contributed by atoms with Gasteiger partial charge in [0, 0.05) is 6.42 Å². The molecule has 0 aromatic carbocycles. The van der Waals surface area contributed by atoms with Crippen LogP contribution in [0.3, 0.4) is 0 Å². The highest BCUT2D eigenvalue weighted by Gasteiger charge is 2.21. The molecule has 1 N–H and O–H groups in total. The molecule has 0 aromatic rings. The first kappa shape index (κ1) is 39.9. The van der Waals surface area contributed by atoms with E-state index in [1.807, 2.05) is 0 Å². The number of aliphatic carboxylic acids is 1. The number of ether oxygens (including phenoxy) is 1. The van der Waals surface area contributed by atoms with E-state index < -0.39 is 12.1 Å². The normalized spacial score (nSPS) is 12.8. The van der Waals surface area contributed by atoms with Crippen LogP contribution in [-0.2, 0) is 14.3 Å². The van der Waals surface area contributed by atoms with Crippen molar-refractivity contribution in [3.63, 3.8) is 0 Å². The zero-order chi connectivity index (χ0) is 30.8. The molecule has 1 unspecified atom stereocenters. The van der Waals surface area contributed by atoms with Gasteiger partial charge in [0.25, 0.3) is 0 Å². The Balaban J connectivity index is 3.66.